The van der Waals surface area contributed by atoms with Crippen molar-refractivity contribution in [3.05, 3.63) is 41.4 Å². The molecule has 0 aliphatic rings. The second-order valence-electron chi connectivity index (χ2n) is 2.81. The maximum Gasteiger partial charge on any atom is 0.138 e. The second-order valence-corrected chi connectivity index (χ2v) is 3.22. The third kappa shape index (κ3) is 2.91. The maximum absolute atomic E-state index is 9.55. The predicted molar refractivity (Wildman–Crippen MR) is 62.1 cm³/mol. The van der Waals surface area contributed by atoms with Crippen LogP contribution in [0.1, 0.15) is 18.0 Å². The number of hydrogen-bond donors (Lipinski definition) is 2. The number of rotatable bonds is 3. The van der Waals surface area contributed by atoms with Crippen LogP contribution < -0.4 is 5.73 Å². The molecule has 1 rings (SSSR count). The van der Waals surface area contributed by atoms with E-state index in [9.17, 15) is 5.11 Å². The fourth-order valence-electron chi connectivity index (χ4n) is 1.14. The average Bonchev–Trinajstić information content (AvgIpc) is 2.10. The van der Waals surface area contributed by atoms with Gasteiger partial charge in [-0.15, -0.1) is 19.0 Å². The molecule has 0 radical (unpaired) electrons. The molecule has 0 aliphatic carbocycles. The van der Waals surface area contributed by atoms with Crippen LogP contribution in [-0.2, 0) is 0 Å². The molecule has 1 aromatic carbocycles. The van der Waals surface area contributed by atoms with E-state index in [1.165, 1.54) is 0 Å². The highest BCUT2D eigenvalue weighted by Crippen LogP contribution is 2.31. The predicted octanol–water partition coefficient (Wildman–Crippen LogP) is 3.04. The first-order valence-corrected chi connectivity index (χ1v) is 4.38. The van der Waals surface area contributed by atoms with E-state index in [0.717, 1.165) is 0 Å². The number of halogens is 2. The Labute approximate surface area is 94.8 Å². The first kappa shape index (κ1) is 13.3. The Hall–Kier alpha value is -0.700. The molecule has 4 heteroatoms. The zero-order valence-electron chi connectivity index (χ0n) is 7.61. The number of phenols is 1. The van der Waals surface area contributed by atoms with Gasteiger partial charge < -0.3 is 10.8 Å². The van der Waals surface area contributed by atoms with Crippen LogP contribution in [0.4, 0.5) is 0 Å². The molecule has 0 spiro atoms. The van der Waals surface area contributed by atoms with Crippen molar-refractivity contribution in [1.82, 2.24) is 0 Å². The summed E-state index contributed by atoms with van der Waals surface area (Å²) in [6.07, 6.45) is 2.33. The van der Waals surface area contributed by atoms with Crippen LogP contribution >= 0.6 is 24.0 Å². The molecule has 0 saturated heterocycles. The van der Waals surface area contributed by atoms with Crippen LogP contribution in [-0.4, -0.2) is 5.11 Å². The van der Waals surface area contributed by atoms with Crippen LogP contribution in [0.5, 0.6) is 5.75 Å². The van der Waals surface area contributed by atoms with Gasteiger partial charge in [0.2, 0.25) is 0 Å². The molecule has 0 bridgehead atoms. The van der Waals surface area contributed by atoms with Crippen molar-refractivity contribution in [2.45, 2.75) is 12.5 Å². The van der Waals surface area contributed by atoms with E-state index in [1.54, 1.807) is 24.3 Å². The van der Waals surface area contributed by atoms with Crippen LogP contribution in [0, 0.1) is 0 Å². The van der Waals surface area contributed by atoms with E-state index in [2.05, 4.69) is 6.58 Å². The van der Waals surface area contributed by atoms with Crippen molar-refractivity contribution in [3.8, 4) is 5.75 Å². The highest BCUT2D eigenvalue weighted by Gasteiger charge is 2.10. The number of aromatic hydroxyl groups is 1. The number of nitrogens with two attached hydrogens (primary N) is 1. The molecule has 0 fully saturated rings. The summed E-state index contributed by atoms with van der Waals surface area (Å²) < 4.78 is 0. The van der Waals surface area contributed by atoms with Crippen molar-refractivity contribution >= 4 is 24.0 Å². The largest absolute Gasteiger partial charge is 0.506 e. The summed E-state index contributed by atoms with van der Waals surface area (Å²) in [4.78, 5) is 0. The van der Waals surface area contributed by atoms with Gasteiger partial charge in [-0.1, -0.05) is 29.8 Å². The Bertz CT molecular complexity index is 315. The first-order chi connectivity index (χ1) is 6.16. The lowest BCUT2D eigenvalue weighted by molar-refractivity contribution is 0.462. The Morgan fingerprint density at radius 3 is 2.79 bits per heavy atom. The number of benzene rings is 1. The zero-order chi connectivity index (χ0) is 9.84. The van der Waals surface area contributed by atoms with Gasteiger partial charge in [0.1, 0.15) is 5.75 Å². The summed E-state index contributed by atoms with van der Waals surface area (Å²) in [5.74, 6) is 0.0681. The van der Waals surface area contributed by atoms with Gasteiger partial charge in [0.05, 0.1) is 5.02 Å². The Balaban J connectivity index is 0.00000169. The number of para-hydroxylation sites is 1. The Morgan fingerprint density at radius 2 is 2.21 bits per heavy atom. The summed E-state index contributed by atoms with van der Waals surface area (Å²) in [6, 6.07) is 4.91. The SMILES string of the molecule is C=CC[C@@H](N)c1cccc(Cl)c1O.Cl. The molecule has 0 aromatic heterocycles. The molecule has 14 heavy (non-hydrogen) atoms. The minimum absolute atomic E-state index is 0. The van der Waals surface area contributed by atoms with Crippen LogP contribution in [0.25, 0.3) is 0 Å². The molecule has 0 saturated carbocycles. The molecule has 2 nitrogen and oxygen atoms in total. The van der Waals surface area contributed by atoms with E-state index in [-0.39, 0.29) is 24.2 Å². The van der Waals surface area contributed by atoms with Gasteiger partial charge in [0, 0.05) is 11.6 Å². The zero-order valence-corrected chi connectivity index (χ0v) is 9.18. The standard InChI is InChI=1S/C10H12ClNO.ClH/c1-2-4-9(12)7-5-3-6-8(11)10(7)13;/h2-3,5-6,9,13H,1,4,12H2;1H/t9-;/m1./s1. The van der Waals surface area contributed by atoms with Crippen LogP contribution in [0.3, 0.4) is 0 Å². The summed E-state index contributed by atoms with van der Waals surface area (Å²) in [5.41, 5.74) is 6.44. The van der Waals surface area contributed by atoms with E-state index in [1.807, 2.05) is 0 Å². The average molecular weight is 234 g/mol. The Kier molecular flexibility index (Phi) is 5.62. The van der Waals surface area contributed by atoms with E-state index in [0.29, 0.717) is 17.0 Å². The van der Waals surface area contributed by atoms with Gasteiger partial charge >= 0.3 is 0 Å². The summed E-state index contributed by atoms with van der Waals surface area (Å²) >= 11 is 5.73. The molecule has 3 N–H and O–H groups in total. The van der Waals surface area contributed by atoms with Crippen molar-refractivity contribution < 1.29 is 5.11 Å². The maximum atomic E-state index is 9.55. The molecule has 0 heterocycles. The van der Waals surface area contributed by atoms with Crippen molar-refractivity contribution in [3.63, 3.8) is 0 Å². The summed E-state index contributed by atoms with van der Waals surface area (Å²) in [6.45, 7) is 3.58. The van der Waals surface area contributed by atoms with Crippen LogP contribution in [0.2, 0.25) is 5.02 Å². The van der Waals surface area contributed by atoms with Gasteiger partial charge in [-0.25, -0.2) is 0 Å². The minimum Gasteiger partial charge on any atom is -0.506 e. The van der Waals surface area contributed by atoms with Gasteiger partial charge in [-0.3, -0.25) is 0 Å². The molecule has 1 aromatic rings. The van der Waals surface area contributed by atoms with Gasteiger partial charge in [0.15, 0.2) is 0 Å². The molecule has 1 atom stereocenters. The third-order valence-electron chi connectivity index (χ3n) is 1.84. The van der Waals surface area contributed by atoms with Crippen LogP contribution in [0.15, 0.2) is 30.9 Å². The monoisotopic (exact) mass is 233 g/mol. The Morgan fingerprint density at radius 1 is 1.57 bits per heavy atom. The summed E-state index contributed by atoms with van der Waals surface area (Å²) in [7, 11) is 0. The van der Waals surface area contributed by atoms with E-state index < -0.39 is 0 Å². The number of hydrogen-bond acceptors (Lipinski definition) is 2. The third-order valence-corrected chi connectivity index (χ3v) is 2.14. The molecular formula is C10H13Cl2NO. The molecular weight excluding hydrogens is 221 g/mol. The molecule has 0 unspecified atom stereocenters. The topological polar surface area (TPSA) is 46.2 Å². The van der Waals surface area contributed by atoms with Gasteiger partial charge in [-0.2, -0.15) is 0 Å². The smallest absolute Gasteiger partial charge is 0.138 e. The van der Waals surface area contributed by atoms with Crippen molar-refractivity contribution in [2.24, 2.45) is 5.73 Å². The fraction of sp³-hybridized carbons (Fsp3) is 0.200. The normalized spacial score (nSPS) is 11.6. The first-order valence-electron chi connectivity index (χ1n) is 4.00. The van der Waals surface area contributed by atoms with E-state index in [4.69, 9.17) is 17.3 Å². The molecule has 0 aliphatic heterocycles. The molecule has 78 valence electrons. The van der Waals surface area contributed by atoms with Crippen molar-refractivity contribution in [2.75, 3.05) is 0 Å². The second kappa shape index (κ2) is 5.91. The highest BCUT2D eigenvalue weighted by atomic mass is 35.5. The quantitative estimate of drug-likeness (QED) is 0.789. The minimum atomic E-state index is -0.240. The van der Waals surface area contributed by atoms with Gasteiger partial charge in [0.25, 0.3) is 0 Å². The van der Waals surface area contributed by atoms with Gasteiger partial charge in [-0.05, 0) is 12.5 Å². The van der Waals surface area contributed by atoms with E-state index >= 15 is 0 Å². The fourth-order valence-corrected chi connectivity index (χ4v) is 1.32. The lowest BCUT2D eigenvalue weighted by atomic mass is 10.0. The summed E-state index contributed by atoms with van der Waals surface area (Å²) in [5, 5.41) is 9.88. The highest BCUT2D eigenvalue weighted by molar-refractivity contribution is 6.32. The van der Waals surface area contributed by atoms with Crippen molar-refractivity contribution in [1.29, 1.82) is 0 Å². The lowest BCUT2D eigenvalue weighted by Gasteiger charge is -2.11. The molecule has 0 amide bonds. The lowest BCUT2D eigenvalue weighted by Crippen LogP contribution is -2.09. The number of phenolic OH excluding ortho intramolecular Hbond substituents is 1.